The fourth-order valence-corrected chi connectivity index (χ4v) is 6.38. The van der Waals surface area contributed by atoms with E-state index in [1.54, 1.807) is 19.1 Å². The zero-order valence-corrected chi connectivity index (χ0v) is 19.1. The lowest BCUT2D eigenvalue weighted by Gasteiger charge is -2.23. The molecule has 1 atom stereocenters. The van der Waals surface area contributed by atoms with Crippen LogP contribution in [0.25, 0.3) is 22.0 Å². The molecule has 1 amide bonds. The molecule has 0 spiro atoms. The Hall–Kier alpha value is -2.58. The number of sulfone groups is 1. The Balaban J connectivity index is 1.59. The van der Waals surface area contributed by atoms with Crippen molar-refractivity contribution in [2.45, 2.75) is 17.5 Å². The van der Waals surface area contributed by atoms with Crippen LogP contribution in [-0.4, -0.2) is 61.7 Å². The summed E-state index contributed by atoms with van der Waals surface area (Å²) in [6.45, 7) is 0. The largest absolute Gasteiger partial charge is 0.497 e. The van der Waals surface area contributed by atoms with Crippen LogP contribution in [0.3, 0.4) is 0 Å². The molecule has 1 aliphatic rings. The first-order chi connectivity index (χ1) is 14.9. The van der Waals surface area contributed by atoms with E-state index in [1.165, 1.54) is 11.8 Å². The van der Waals surface area contributed by atoms with Gasteiger partial charge in [-0.25, -0.2) is 13.4 Å². The molecule has 6 nitrogen and oxygen atoms in total. The summed E-state index contributed by atoms with van der Waals surface area (Å²) in [6, 6.07) is 17.6. The summed E-state index contributed by atoms with van der Waals surface area (Å²) in [5, 5.41) is 1.75. The first-order valence-electron chi connectivity index (χ1n) is 9.99. The number of aromatic nitrogens is 1. The third kappa shape index (κ3) is 4.85. The number of methoxy groups -OCH3 is 1. The number of thioether (sulfide) groups is 1. The van der Waals surface area contributed by atoms with Gasteiger partial charge in [0.1, 0.15) is 5.75 Å². The van der Waals surface area contributed by atoms with Crippen LogP contribution in [0, 0.1) is 0 Å². The lowest BCUT2D eigenvalue weighted by Crippen LogP contribution is -2.38. The van der Waals surface area contributed by atoms with Crippen molar-refractivity contribution in [2.24, 2.45) is 0 Å². The highest BCUT2D eigenvalue weighted by Crippen LogP contribution is 2.33. The van der Waals surface area contributed by atoms with Gasteiger partial charge < -0.3 is 9.64 Å². The topological polar surface area (TPSA) is 76.6 Å². The Kier molecular flexibility index (Phi) is 6.20. The maximum atomic E-state index is 12.7. The van der Waals surface area contributed by atoms with E-state index in [4.69, 9.17) is 9.72 Å². The van der Waals surface area contributed by atoms with Gasteiger partial charge in [-0.05, 0) is 35.7 Å². The summed E-state index contributed by atoms with van der Waals surface area (Å²) in [5.74, 6) is 1.02. The molecule has 0 saturated carbocycles. The summed E-state index contributed by atoms with van der Waals surface area (Å²) in [6.07, 6.45) is 0.501. The highest BCUT2D eigenvalue weighted by Gasteiger charge is 2.32. The Morgan fingerprint density at radius 1 is 1.19 bits per heavy atom. The number of rotatable bonds is 6. The van der Waals surface area contributed by atoms with Gasteiger partial charge in [-0.1, -0.05) is 42.1 Å². The van der Waals surface area contributed by atoms with Gasteiger partial charge in [0.25, 0.3) is 0 Å². The first-order valence-corrected chi connectivity index (χ1v) is 12.8. The van der Waals surface area contributed by atoms with E-state index >= 15 is 0 Å². The molecule has 1 aromatic heterocycles. The van der Waals surface area contributed by atoms with Crippen LogP contribution in [0.2, 0.25) is 0 Å². The second kappa shape index (κ2) is 8.88. The van der Waals surface area contributed by atoms with Crippen molar-refractivity contribution in [1.82, 2.24) is 9.88 Å². The summed E-state index contributed by atoms with van der Waals surface area (Å²) in [4.78, 5) is 19.0. The molecular formula is C23H24N2O4S2. The molecule has 31 heavy (non-hydrogen) atoms. The van der Waals surface area contributed by atoms with E-state index in [9.17, 15) is 13.2 Å². The Morgan fingerprint density at radius 2 is 1.97 bits per heavy atom. The fourth-order valence-electron chi connectivity index (χ4n) is 3.76. The van der Waals surface area contributed by atoms with Crippen LogP contribution in [-0.2, 0) is 14.6 Å². The van der Waals surface area contributed by atoms with Crippen molar-refractivity contribution in [1.29, 1.82) is 0 Å². The minimum Gasteiger partial charge on any atom is -0.497 e. The molecule has 1 fully saturated rings. The van der Waals surface area contributed by atoms with Gasteiger partial charge in [0, 0.05) is 24.5 Å². The average molecular weight is 457 g/mol. The number of carbonyl (C=O) groups excluding carboxylic acids is 1. The zero-order chi connectivity index (χ0) is 22.0. The van der Waals surface area contributed by atoms with Crippen LogP contribution in [0.15, 0.2) is 59.6 Å². The van der Waals surface area contributed by atoms with Gasteiger partial charge >= 0.3 is 0 Å². The van der Waals surface area contributed by atoms with Gasteiger partial charge in [0.05, 0.1) is 34.9 Å². The van der Waals surface area contributed by atoms with E-state index in [2.05, 4.69) is 0 Å². The number of amides is 1. The van der Waals surface area contributed by atoms with Crippen molar-refractivity contribution < 1.29 is 17.9 Å². The van der Waals surface area contributed by atoms with E-state index in [1.807, 2.05) is 54.6 Å². The van der Waals surface area contributed by atoms with E-state index in [0.29, 0.717) is 6.42 Å². The molecule has 4 rings (SSSR count). The predicted molar refractivity (Wildman–Crippen MR) is 124 cm³/mol. The first kappa shape index (κ1) is 21.6. The van der Waals surface area contributed by atoms with Gasteiger partial charge in [0.2, 0.25) is 5.91 Å². The molecule has 1 aliphatic heterocycles. The molecule has 8 heteroatoms. The number of fused-ring (bicyclic) bond motifs is 1. The van der Waals surface area contributed by atoms with Crippen LogP contribution in [0.4, 0.5) is 0 Å². The van der Waals surface area contributed by atoms with Gasteiger partial charge in [0.15, 0.2) is 9.84 Å². The maximum absolute atomic E-state index is 12.7. The minimum absolute atomic E-state index is 0.0477. The highest BCUT2D eigenvalue weighted by atomic mass is 32.2. The van der Waals surface area contributed by atoms with Crippen molar-refractivity contribution >= 4 is 38.4 Å². The van der Waals surface area contributed by atoms with Crippen LogP contribution < -0.4 is 4.74 Å². The van der Waals surface area contributed by atoms with Crippen molar-refractivity contribution in [3.05, 3.63) is 54.6 Å². The SMILES string of the molecule is COc1ccc2c(-c3ccccc3)cc(SCC(=O)N(C)[C@@H]3CCS(=O)(=O)C3)nc2c1. The van der Waals surface area contributed by atoms with Gasteiger partial charge in [-0.3, -0.25) is 4.79 Å². The summed E-state index contributed by atoms with van der Waals surface area (Å²) in [5.41, 5.74) is 2.91. The quantitative estimate of drug-likeness (QED) is 0.527. The Bertz CT molecular complexity index is 1210. The monoisotopic (exact) mass is 456 g/mol. The smallest absolute Gasteiger partial charge is 0.233 e. The number of hydrogen-bond acceptors (Lipinski definition) is 6. The zero-order valence-electron chi connectivity index (χ0n) is 17.4. The normalized spacial score (nSPS) is 17.5. The third-order valence-electron chi connectivity index (χ3n) is 5.57. The number of pyridine rings is 1. The summed E-state index contributed by atoms with van der Waals surface area (Å²) in [7, 11) is 0.270. The molecular weight excluding hydrogens is 432 g/mol. The lowest BCUT2D eigenvalue weighted by molar-refractivity contribution is -0.128. The third-order valence-corrected chi connectivity index (χ3v) is 8.22. The predicted octanol–water partition coefficient (Wildman–Crippen LogP) is 3.65. The minimum atomic E-state index is -3.03. The molecule has 0 radical (unpaired) electrons. The molecule has 162 valence electrons. The second-order valence-electron chi connectivity index (χ2n) is 7.61. The highest BCUT2D eigenvalue weighted by molar-refractivity contribution is 7.99. The number of ether oxygens (including phenoxy) is 1. The summed E-state index contributed by atoms with van der Waals surface area (Å²) >= 11 is 1.36. The summed E-state index contributed by atoms with van der Waals surface area (Å²) < 4.78 is 28.8. The molecule has 0 aliphatic carbocycles. The van der Waals surface area contributed by atoms with Crippen molar-refractivity contribution in [3.63, 3.8) is 0 Å². The number of benzene rings is 2. The Labute approximate surface area is 186 Å². The van der Waals surface area contributed by atoms with Gasteiger partial charge in [-0.15, -0.1) is 0 Å². The fraction of sp³-hybridized carbons (Fsp3) is 0.304. The lowest BCUT2D eigenvalue weighted by atomic mass is 10.0. The number of nitrogens with zero attached hydrogens (tertiary/aromatic N) is 2. The molecule has 2 heterocycles. The molecule has 2 aromatic carbocycles. The molecule has 3 aromatic rings. The molecule has 1 saturated heterocycles. The van der Waals surface area contributed by atoms with Crippen molar-refractivity contribution in [2.75, 3.05) is 31.4 Å². The number of hydrogen-bond donors (Lipinski definition) is 0. The maximum Gasteiger partial charge on any atom is 0.233 e. The number of carbonyl (C=O) groups is 1. The average Bonchev–Trinajstić information content (AvgIpc) is 3.16. The van der Waals surface area contributed by atoms with Crippen LogP contribution in [0.1, 0.15) is 6.42 Å². The standard InChI is InChI=1S/C23H24N2O4S2/c1-25(17-10-11-31(27,28)15-17)23(26)14-30-22-13-20(16-6-4-3-5-7-16)19-9-8-18(29-2)12-21(19)24-22/h3-9,12-13,17H,10-11,14-15H2,1-2H3/t17-/m1/s1. The Morgan fingerprint density at radius 3 is 2.65 bits per heavy atom. The van der Waals surface area contributed by atoms with Crippen LogP contribution >= 0.6 is 11.8 Å². The van der Waals surface area contributed by atoms with E-state index < -0.39 is 9.84 Å². The van der Waals surface area contributed by atoms with Crippen LogP contribution in [0.5, 0.6) is 5.75 Å². The molecule has 0 bridgehead atoms. The second-order valence-corrected chi connectivity index (χ2v) is 10.8. The van der Waals surface area contributed by atoms with E-state index in [0.717, 1.165) is 32.8 Å². The molecule has 0 N–H and O–H groups in total. The van der Waals surface area contributed by atoms with E-state index in [-0.39, 0.29) is 29.2 Å². The van der Waals surface area contributed by atoms with Gasteiger partial charge in [-0.2, -0.15) is 0 Å². The molecule has 0 unspecified atom stereocenters. The van der Waals surface area contributed by atoms with Crippen molar-refractivity contribution in [3.8, 4) is 16.9 Å².